The first-order valence-corrected chi connectivity index (χ1v) is 12.7. The van der Waals surface area contributed by atoms with E-state index < -0.39 is 17.0 Å². The van der Waals surface area contributed by atoms with E-state index in [2.05, 4.69) is 29.1 Å². The van der Waals surface area contributed by atoms with Crippen LogP contribution in [0.15, 0.2) is 48.8 Å². The standard InChI is InChI=1S/C29H32F2N6O/c1-6-29(5,25-13-18(4)12-23(34-25)19-15-33-37(16-19)11-10-26(32)38)28-20(17(2)3)14-24(35-36-28)27-21(30)8-7-9-22(27)31/h7-9,12-17H,6,10-11H2,1-5H3,(H2,32,38). The lowest BCUT2D eigenvalue weighted by Gasteiger charge is -2.30. The fourth-order valence-electron chi connectivity index (χ4n) is 4.55. The van der Waals surface area contributed by atoms with E-state index in [4.69, 9.17) is 10.7 Å². The average molecular weight is 519 g/mol. The van der Waals surface area contributed by atoms with Crippen LogP contribution in [0.5, 0.6) is 0 Å². The van der Waals surface area contributed by atoms with Gasteiger partial charge in [0, 0.05) is 24.7 Å². The Hall–Kier alpha value is -4.01. The molecule has 0 spiro atoms. The van der Waals surface area contributed by atoms with E-state index in [1.165, 1.54) is 18.2 Å². The van der Waals surface area contributed by atoms with Crippen LogP contribution in [0.2, 0.25) is 0 Å². The van der Waals surface area contributed by atoms with Gasteiger partial charge in [-0.2, -0.15) is 10.2 Å². The highest BCUT2D eigenvalue weighted by Gasteiger charge is 2.35. The second-order valence-electron chi connectivity index (χ2n) is 10.1. The fourth-order valence-corrected chi connectivity index (χ4v) is 4.55. The van der Waals surface area contributed by atoms with Gasteiger partial charge in [0.15, 0.2) is 0 Å². The molecular weight excluding hydrogens is 486 g/mol. The molecule has 0 aliphatic rings. The minimum Gasteiger partial charge on any atom is -0.370 e. The number of hydrogen-bond acceptors (Lipinski definition) is 5. The summed E-state index contributed by atoms with van der Waals surface area (Å²) in [5.74, 6) is -1.72. The van der Waals surface area contributed by atoms with Gasteiger partial charge in [-0.1, -0.05) is 26.8 Å². The van der Waals surface area contributed by atoms with Crippen LogP contribution in [0.4, 0.5) is 8.78 Å². The van der Waals surface area contributed by atoms with Crippen molar-refractivity contribution in [2.75, 3.05) is 0 Å². The molecule has 7 nitrogen and oxygen atoms in total. The molecule has 0 bridgehead atoms. The Bertz CT molecular complexity index is 1460. The zero-order valence-electron chi connectivity index (χ0n) is 22.3. The highest BCUT2D eigenvalue weighted by Crippen LogP contribution is 2.39. The lowest BCUT2D eigenvalue weighted by Crippen LogP contribution is -2.28. The highest BCUT2D eigenvalue weighted by molar-refractivity contribution is 5.73. The van der Waals surface area contributed by atoms with Crippen molar-refractivity contribution in [3.63, 3.8) is 0 Å². The molecule has 38 heavy (non-hydrogen) atoms. The Morgan fingerprint density at radius 3 is 2.45 bits per heavy atom. The summed E-state index contributed by atoms with van der Waals surface area (Å²) in [4.78, 5) is 16.2. The molecular formula is C29H32F2N6O. The maximum absolute atomic E-state index is 14.5. The number of halogens is 2. The smallest absolute Gasteiger partial charge is 0.219 e. The second-order valence-corrected chi connectivity index (χ2v) is 10.1. The lowest BCUT2D eigenvalue weighted by atomic mass is 9.76. The Kier molecular flexibility index (Phi) is 7.66. The van der Waals surface area contributed by atoms with E-state index in [9.17, 15) is 13.6 Å². The predicted octanol–water partition coefficient (Wildman–Crippen LogP) is 5.70. The van der Waals surface area contributed by atoms with Crippen molar-refractivity contribution in [2.45, 2.75) is 65.3 Å². The summed E-state index contributed by atoms with van der Waals surface area (Å²) in [5.41, 5.74) is 9.57. The molecule has 0 saturated heterocycles. The van der Waals surface area contributed by atoms with Gasteiger partial charge in [-0.3, -0.25) is 14.5 Å². The molecule has 0 aliphatic heterocycles. The van der Waals surface area contributed by atoms with Gasteiger partial charge in [0.1, 0.15) is 11.6 Å². The van der Waals surface area contributed by atoms with Crippen LogP contribution in [0, 0.1) is 18.6 Å². The number of hydrogen-bond donors (Lipinski definition) is 1. The minimum atomic E-state index is -0.679. The molecule has 1 unspecified atom stereocenters. The zero-order chi connectivity index (χ0) is 27.6. The molecule has 1 amide bonds. The summed E-state index contributed by atoms with van der Waals surface area (Å²) in [6.07, 6.45) is 4.43. The minimum absolute atomic E-state index is 0.0210. The zero-order valence-corrected chi connectivity index (χ0v) is 22.3. The predicted molar refractivity (Wildman–Crippen MR) is 142 cm³/mol. The Labute approximate surface area is 221 Å². The van der Waals surface area contributed by atoms with Crippen molar-refractivity contribution in [3.05, 3.63) is 82.9 Å². The third kappa shape index (κ3) is 5.32. The number of nitrogens with two attached hydrogens (primary N) is 1. The number of pyridine rings is 1. The van der Waals surface area contributed by atoms with Crippen molar-refractivity contribution in [2.24, 2.45) is 5.73 Å². The topological polar surface area (TPSA) is 99.6 Å². The largest absolute Gasteiger partial charge is 0.370 e. The van der Waals surface area contributed by atoms with Crippen molar-refractivity contribution in [3.8, 4) is 22.5 Å². The van der Waals surface area contributed by atoms with Crippen LogP contribution < -0.4 is 5.73 Å². The van der Waals surface area contributed by atoms with Crippen LogP contribution in [0.1, 0.15) is 69.0 Å². The number of carbonyl (C=O) groups is 1. The second kappa shape index (κ2) is 10.8. The normalized spacial score (nSPS) is 13.1. The number of primary amides is 1. The number of amides is 1. The first-order chi connectivity index (χ1) is 18.0. The molecule has 0 radical (unpaired) electrons. The van der Waals surface area contributed by atoms with Crippen LogP contribution in [-0.2, 0) is 16.8 Å². The van der Waals surface area contributed by atoms with Gasteiger partial charge in [0.05, 0.1) is 40.0 Å². The molecule has 3 heterocycles. The van der Waals surface area contributed by atoms with Gasteiger partial charge in [-0.25, -0.2) is 8.78 Å². The van der Waals surface area contributed by atoms with E-state index in [-0.39, 0.29) is 29.5 Å². The summed E-state index contributed by atoms with van der Waals surface area (Å²) >= 11 is 0. The number of aryl methyl sites for hydroxylation is 2. The fraction of sp³-hybridized carbons (Fsp3) is 0.345. The van der Waals surface area contributed by atoms with Gasteiger partial charge >= 0.3 is 0 Å². The Morgan fingerprint density at radius 1 is 1.11 bits per heavy atom. The van der Waals surface area contributed by atoms with Crippen LogP contribution in [0.3, 0.4) is 0 Å². The Morgan fingerprint density at radius 2 is 1.82 bits per heavy atom. The number of aromatic nitrogens is 5. The van der Waals surface area contributed by atoms with Gasteiger partial charge in [0.25, 0.3) is 0 Å². The molecule has 0 aliphatic carbocycles. The Balaban J connectivity index is 1.80. The molecule has 1 atom stereocenters. The first-order valence-electron chi connectivity index (χ1n) is 12.7. The molecule has 1 aromatic carbocycles. The summed E-state index contributed by atoms with van der Waals surface area (Å²) < 4.78 is 30.7. The van der Waals surface area contributed by atoms with Crippen LogP contribution >= 0.6 is 0 Å². The maximum Gasteiger partial charge on any atom is 0.219 e. The van der Waals surface area contributed by atoms with Crippen molar-refractivity contribution in [1.82, 2.24) is 25.0 Å². The summed E-state index contributed by atoms with van der Waals surface area (Å²) in [6, 6.07) is 9.51. The van der Waals surface area contributed by atoms with E-state index in [1.807, 2.05) is 39.1 Å². The quantitative estimate of drug-likeness (QED) is 0.306. The van der Waals surface area contributed by atoms with Gasteiger partial charge < -0.3 is 5.73 Å². The van der Waals surface area contributed by atoms with Crippen LogP contribution in [0.25, 0.3) is 22.5 Å². The third-order valence-corrected chi connectivity index (χ3v) is 6.95. The highest BCUT2D eigenvalue weighted by atomic mass is 19.1. The molecule has 2 N–H and O–H groups in total. The number of nitrogens with zero attached hydrogens (tertiary/aromatic N) is 5. The summed E-state index contributed by atoms with van der Waals surface area (Å²) in [7, 11) is 0. The maximum atomic E-state index is 14.5. The monoisotopic (exact) mass is 518 g/mol. The molecule has 4 aromatic rings. The molecule has 9 heteroatoms. The molecule has 0 saturated carbocycles. The molecule has 198 valence electrons. The SMILES string of the molecule is CCC(C)(c1cc(C)cc(-c2cnn(CCC(N)=O)c2)n1)c1nnc(-c2c(F)cccc2F)cc1C(C)C. The van der Waals surface area contributed by atoms with E-state index in [0.717, 1.165) is 33.8 Å². The van der Waals surface area contributed by atoms with E-state index in [0.29, 0.717) is 13.0 Å². The van der Waals surface area contributed by atoms with Crippen LogP contribution in [-0.4, -0.2) is 30.9 Å². The lowest BCUT2D eigenvalue weighted by molar-refractivity contribution is -0.118. The van der Waals surface area contributed by atoms with Crippen molar-refractivity contribution in [1.29, 1.82) is 0 Å². The van der Waals surface area contributed by atoms with E-state index in [1.54, 1.807) is 16.9 Å². The van der Waals surface area contributed by atoms with Crippen molar-refractivity contribution < 1.29 is 13.6 Å². The molecule has 3 aromatic heterocycles. The number of benzene rings is 1. The summed E-state index contributed by atoms with van der Waals surface area (Å²) in [6.45, 7) is 10.6. The van der Waals surface area contributed by atoms with Crippen molar-refractivity contribution >= 4 is 5.91 Å². The summed E-state index contributed by atoms with van der Waals surface area (Å²) in [5, 5.41) is 13.2. The van der Waals surface area contributed by atoms with Gasteiger partial charge in [-0.15, -0.1) is 5.10 Å². The first kappa shape index (κ1) is 27.0. The molecule has 4 rings (SSSR count). The van der Waals surface area contributed by atoms with Gasteiger partial charge in [0.2, 0.25) is 5.91 Å². The average Bonchev–Trinajstić information content (AvgIpc) is 3.36. The van der Waals surface area contributed by atoms with Gasteiger partial charge in [-0.05, 0) is 67.6 Å². The number of carbonyl (C=O) groups excluding carboxylic acids is 1. The van der Waals surface area contributed by atoms with E-state index >= 15 is 0 Å². The molecule has 0 fully saturated rings. The number of rotatable bonds is 9. The third-order valence-electron chi connectivity index (χ3n) is 6.95.